The van der Waals surface area contributed by atoms with Gasteiger partial charge in [0.15, 0.2) is 0 Å². The van der Waals surface area contributed by atoms with Crippen molar-refractivity contribution in [3.63, 3.8) is 0 Å². The molecule has 0 aromatic rings. The van der Waals surface area contributed by atoms with Gasteiger partial charge in [-0.25, -0.2) is 0 Å². The molecule has 4 nitrogen and oxygen atoms in total. The molecule has 60 valence electrons. The molecule has 8 heteroatoms. The van der Waals surface area contributed by atoms with E-state index >= 15 is 0 Å². The third-order valence-corrected chi connectivity index (χ3v) is 0. The summed E-state index contributed by atoms with van der Waals surface area (Å²) in [7, 11) is -4.61. The van der Waals surface area contributed by atoms with E-state index in [9.17, 15) is 0 Å². The van der Waals surface area contributed by atoms with Crippen LogP contribution in [-0.4, -0.2) is 28.2 Å². The third-order valence-electron chi connectivity index (χ3n) is 0. The van der Waals surface area contributed by atoms with Gasteiger partial charge >= 0.3 is 9.05 Å². The summed E-state index contributed by atoms with van der Waals surface area (Å²) >= 11 is 0. The molecule has 4 N–H and O–H groups in total. The molecule has 0 bridgehead atoms. The Morgan fingerprint density at radius 3 is 0.875 bits per heavy atom. The Balaban J connectivity index is -0.0000000267. The maximum Gasteiger partial charge on any atom is 0.668 e. The molecule has 0 aromatic carbocycles. The van der Waals surface area contributed by atoms with Crippen molar-refractivity contribution in [3.05, 3.63) is 0 Å². The van der Waals surface area contributed by atoms with Gasteiger partial charge in [0.05, 0.1) is 0 Å². The monoisotopic (exact) mass is 570 g/mol. The van der Waals surface area contributed by atoms with Crippen LogP contribution in [0.5, 0.6) is 0 Å². The molecule has 0 aliphatic heterocycles. The van der Waals surface area contributed by atoms with Gasteiger partial charge in [-0.3, -0.25) is 0 Å². The predicted octanol–water partition coefficient (Wildman–Crippen LogP) is -2.61. The molecule has 0 saturated carbocycles. The molecule has 0 rings (SSSR count). The molecular weight excluding hydrogens is 566 g/mol. The van der Waals surface area contributed by atoms with Crippen molar-refractivity contribution in [2.75, 3.05) is 0 Å². The van der Waals surface area contributed by atoms with E-state index in [0.717, 1.165) is 0 Å². The minimum absolute atomic E-state index is 0. The fraction of sp³-hybridized carbons (Fsp3) is 0. The van der Waals surface area contributed by atoms with Crippen LogP contribution in [0.15, 0.2) is 0 Å². The first-order valence-electron chi connectivity index (χ1n) is 0.894. The van der Waals surface area contributed by atoms with Crippen LogP contribution in [0.25, 0.3) is 0 Å². The molecule has 0 atom stereocenters. The molecular formula is H4CeLuO4SiTb. The average molecular weight is 570 g/mol. The van der Waals surface area contributed by atoms with Crippen LogP contribution in [0, 0.1) is 117 Å². The van der Waals surface area contributed by atoms with Crippen molar-refractivity contribution in [1.29, 1.82) is 0 Å². The van der Waals surface area contributed by atoms with Crippen molar-refractivity contribution in [1.82, 2.24) is 0 Å². The Morgan fingerprint density at radius 2 is 0.875 bits per heavy atom. The van der Waals surface area contributed by atoms with E-state index in [0.29, 0.717) is 0 Å². The summed E-state index contributed by atoms with van der Waals surface area (Å²) in [5.41, 5.74) is 0. The van der Waals surface area contributed by atoms with E-state index in [4.69, 9.17) is 19.2 Å². The van der Waals surface area contributed by atoms with Gasteiger partial charge in [0.1, 0.15) is 0 Å². The maximum absolute atomic E-state index is 7.33. The standard InChI is InChI=1S/Ce.Lu.H4O4Si.Tb/c;;1-5(2,3)4;/h;;1-4H;. The second kappa shape index (κ2) is 11.0. The summed E-state index contributed by atoms with van der Waals surface area (Å²) in [6, 6.07) is 0. The van der Waals surface area contributed by atoms with Crippen LogP contribution in [0.1, 0.15) is 0 Å². The van der Waals surface area contributed by atoms with Crippen LogP contribution in [0.3, 0.4) is 0 Å². The summed E-state index contributed by atoms with van der Waals surface area (Å²) in [5, 5.41) is 0. The minimum atomic E-state index is -4.61. The molecule has 0 unspecified atom stereocenters. The van der Waals surface area contributed by atoms with Crippen LogP contribution in [0.4, 0.5) is 0 Å². The Kier molecular flexibility index (Phi) is 31.0. The molecule has 0 amide bonds. The van der Waals surface area contributed by atoms with Gasteiger partial charge in [0, 0.05) is 117 Å². The van der Waals surface area contributed by atoms with E-state index < -0.39 is 9.05 Å². The first-order valence-corrected chi connectivity index (χ1v) is 2.68. The zero-order valence-electron chi connectivity index (χ0n) is 3.38. The maximum atomic E-state index is 7.33. The Hall–Kier alpha value is 3.95. The first kappa shape index (κ1) is 22.7. The van der Waals surface area contributed by atoms with Crippen molar-refractivity contribution >= 4 is 9.05 Å². The molecule has 0 fully saturated rings. The quantitative estimate of drug-likeness (QED) is 0.241. The summed E-state index contributed by atoms with van der Waals surface area (Å²) < 4.78 is 0. The van der Waals surface area contributed by atoms with Crippen LogP contribution < -0.4 is 0 Å². The molecule has 0 aromatic heterocycles. The summed E-state index contributed by atoms with van der Waals surface area (Å²) in [5.74, 6) is 0. The number of hydrogen-bond donors (Lipinski definition) is 4. The number of hydrogen-bond acceptors (Lipinski definition) is 4. The van der Waals surface area contributed by atoms with Gasteiger partial charge in [0.25, 0.3) is 0 Å². The van der Waals surface area contributed by atoms with Gasteiger partial charge in [-0.1, -0.05) is 0 Å². The Bertz CT molecular complexity index is 31.5. The van der Waals surface area contributed by atoms with Crippen molar-refractivity contribution in [2.45, 2.75) is 0 Å². The van der Waals surface area contributed by atoms with Crippen LogP contribution >= 0.6 is 0 Å². The summed E-state index contributed by atoms with van der Waals surface area (Å²) in [6.45, 7) is 0. The minimum Gasteiger partial charge on any atom is -0.368 e. The van der Waals surface area contributed by atoms with E-state index in [2.05, 4.69) is 0 Å². The van der Waals surface area contributed by atoms with Crippen molar-refractivity contribution in [3.8, 4) is 0 Å². The Morgan fingerprint density at radius 1 is 0.875 bits per heavy atom. The SMILES string of the molecule is O[Si](O)(O)O.[Ce].[Lu].[Tb]. The van der Waals surface area contributed by atoms with Gasteiger partial charge < -0.3 is 19.2 Å². The van der Waals surface area contributed by atoms with Crippen molar-refractivity contribution in [2.24, 2.45) is 0 Å². The zero-order chi connectivity index (χ0) is 4.50. The molecule has 8 heavy (non-hydrogen) atoms. The van der Waals surface area contributed by atoms with Crippen molar-refractivity contribution < 1.29 is 136 Å². The van der Waals surface area contributed by atoms with Crippen LogP contribution in [-0.2, 0) is 0 Å². The van der Waals surface area contributed by atoms with Crippen LogP contribution in [0.2, 0.25) is 0 Å². The average Bonchev–Trinajstić information content (AvgIpc) is 0.722. The largest absolute Gasteiger partial charge is 0.668 e. The normalized spacial score (nSPS) is 7.50. The summed E-state index contributed by atoms with van der Waals surface area (Å²) in [6.07, 6.45) is 0. The predicted molar refractivity (Wildman–Crippen MR) is 14.6 cm³/mol. The molecule has 2 radical (unpaired) electrons. The third kappa shape index (κ3) is 51.1. The van der Waals surface area contributed by atoms with E-state index in [-0.39, 0.29) is 117 Å². The van der Waals surface area contributed by atoms with Gasteiger partial charge in [-0.2, -0.15) is 0 Å². The molecule has 0 aliphatic carbocycles. The topological polar surface area (TPSA) is 80.9 Å². The first-order chi connectivity index (χ1) is 2.00. The fourth-order valence-corrected chi connectivity index (χ4v) is 0. The molecule has 0 aliphatic rings. The fourth-order valence-electron chi connectivity index (χ4n) is 0. The Labute approximate surface area is 142 Å². The van der Waals surface area contributed by atoms with Gasteiger partial charge in [-0.05, 0) is 0 Å². The second-order valence-electron chi connectivity index (χ2n) is 0.600. The van der Waals surface area contributed by atoms with Gasteiger partial charge in [-0.15, -0.1) is 0 Å². The van der Waals surface area contributed by atoms with E-state index in [1.165, 1.54) is 0 Å². The molecule has 0 heterocycles. The van der Waals surface area contributed by atoms with Gasteiger partial charge in [0.2, 0.25) is 0 Å². The van der Waals surface area contributed by atoms with E-state index in [1.807, 2.05) is 0 Å². The summed E-state index contributed by atoms with van der Waals surface area (Å²) in [4.78, 5) is 29.3. The molecule has 0 spiro atoms. The van der Waals surface area contributed by atoms with E-state index in [1.54, 1.807) is 0 Å². The smallest absolute Gasteiger partial charge is 0.368 e. The zero-order valence-corrected chi connectivity index (χ0v) is 11.3. The number of rotatable bonds is 0. The molecule has 0 saturated heterocycles. The second-order valence-corrected chi connectivity index (χ2v) is 1.80.